The second-order valence-electron chi connectivity index (χ2n) is 9.26. The van der Waals surface area contributed by atoms with Crippen LogP contribution in [0.15, 0.2) is 18.3 Å². The topological polar surface area (TPSA) is 52.1 Å². The molecule has 0 spiro atoms. The molecule has 0 saturated heterocycles. The number of rotatable bonds is 5. The molecule has 0 aliphatic heterocycles. The van der Waals surface area contributed by atoms with E-state index in [1.807, 2.05) is 27.7 Å². The molecule has 0 radical (unpaired) electrons. The molecule has 0 saturated carbocycles. The minimum atomic E-state index is -4.55. The van der Waals surface area contributed by atoms with Crippen molar-refractivity contribution < 1.29 is 22.7 Å². The van der Waals surface area contributed by atoms with Crippen molar-refractivity contribution in [3.63, 3.8) is 0 Å². The molecule has 1 aliphatic carbocycles. The molecule has 168 valence electrons. The lowest BCUT2D eigenvalue weighted by atomic mass is 9.72. The Balaban J connectivity index is 2.16. The number of alkyl halides is 3. The molecule has 0 amide bonds. The van der Waals surface area contributed by atoms with Crippen LogP contribution in [0.5, 0.6) is 0 Å². The van der Waals surface area contributed by atoms with E-state index in [1.165, 1.54) is 6.07 Å². The normalized spacial score (nSPS) is 18.2. The molecular weight excluding hydrogens is 405 g/mol. The molecule has 0 unspecified atom stereocenters. The third-order valence-corrected chi connectivity index (χ3v) is 5.77. The summed E-state index contributed by atoms with van der Waals surface area (Å²) in [5, 5.41) is 0. The summed E-state index contributed by atoms with van der Waals surface area (Å²) in [7, 11) is 0. The van der Waals surface area contributed by atoms with Crippen molar-refractivity contribution in [3.05, 3.63) is 57.7 Å². The van der Waals surface area contributed by atoms with Gasteiger partial charge in [-0.1, -0.05) is 27.7 Å². The molecule has 4 nitrogen and oxygen atoms in total. The zero-order valence-corrected chi connectivity index (χ0v) is 18.9. The SMILES string of the molecule is CCO[C@H]1CC(C)(C)Cc2nc(C(C)C)c(C(=O)c3ccc(C(F)(F)F)nc3)c(C)c21. The quantitative estimate of drug-likeness (QED) is 0.525. The van der Waals surface area contributed by atoms with Gasteiger partial charge in [-0.2, -0.15) is 13.2 Å². The highest BCUT2D eigenvalue weighted by atomic mass is 19.4. The fraction of sp³-hybridized carbons (Fsp3) is 0.542. The highest BCUT2D eigenvalue weighted by molar-refractivity contribution is 6.10. The molecule has 2 aromatic heterocycles. The number of aromatic nitrogens is 2. The van der Waals surface area contributed by atoms with Crippen molar-refractivity contribution >= 4 is 5.78 Å². The summed E-state index contributed by atoms with van der Waals surface area (Å²) in [6.07, 6.45) is -2.13. The van der Waals surface area contributed by atoms with E-state index in [9.17, 15) is 18.0 Å². The molecule has 2 aromatic rings. The van der Waals surface area contributed by atoms with Crippen LogP contribution in [-0.4, -0.2) is 22.4 Å². The molecule has 3 rings (SSSR count). The maximum absolute atomic E-state index is 13.4. The third kappa shape index (κ3) is 4.66. The van der Waals surface area contributed by atoms with Gasteiger partial charge in [0, 0.05) is 35.2 Å². The first-order valence-corrected chi connectivity index (χ1v) is 10.6. The highest BCUT2D eigenvalue weighted by Gasteiger charge is 2.37. The van der Waals surface area contributed by atoms with Crippen molar-refractivity contribution in [2.75, 3.05) is 6.61 Å². The van der Waals surface area contributed by atoms with Gasteiger partial charge >= 0.3 is 6.18 Å². The Hall–Kier alpha value is -2.28. The lowest BCUT2D eigenvalue weighted by molar-refractivity contribution is -0.141. The molecule has 0 fully saturated rings. The van der Waals surface area contributed by atoms with Crippen LogP contribution in [0.3, 0.4) is 0 Å². The number of ketones is 1. The van der Waals surface area contributed by atoms with Crippen molar-refractivity contribution in [2.24, 2.45) is 5.41 Å². The van der Waals surface area contributed by atoms with E-state index in [1.54, 1.807) is 0 Å². The molecule has 0 N–H and O–H groups in total. The maximum Gasteiger partial charge on any atom is 0.433 e. The average molecular weight is 435 g/mol. The number of halogens is 3. The first-order valence-electron chi connectivity index (χ1n) is 10.6. The number of carbonyl (C=O) groups is 1. The third-order valence-electron chi connectivity index (χ3n) is 5.77. The Morgan fingerprint density at radius 2 is 1.97 bits per heavy atom. The zero-order chi connectivity index (χ0) is 23.1. The lowest BCUT2D eigenvalue weighted by Crippen LogP contribution is -2.30. The summed E-state index contributed by atoms with van der Waals surface area (Å²) in [6.45, 7) is 12.7. The van der Waals surface area contributed by atoms with Gasteiger partial charge in [0.15, 0.2) is 5.78 Å². The molecule has 1 atom stereocenters. The molecule has 31 heavy (non-hydrogen) atoms. The van der Waals surface area contributed by atoms with Crippen LogP contribution in [0.4, 0.5) is 13.2 Å². The van der Waals surface area contributed by atoms with E-state index in [0.717, 1.165) is 41.9 Å². The average Bonchev–Trinajstić information content (AvgIpc) is 2.65. The number of carbonyl (C=O) groups excluding carboxylic acids is 1. The van der Waals surface area contributed by atoms with E-state index in [0.29, 0.717) is 17.9 Å². The summed E-state index contributed by atoms with van der Waals surface area (Å²) in [5.74, 6) is -0.390. The van der Waals surface area contributed by atoms with Crippen LogP contribution in [0.25, 0.3) is 0 Å². The number of hydrogen-bond acceptors (Lipinski definition) is 4. The van der Waals surface area contributed by atoms with E-state index in [-0.39, 0.29) is 28.8 Å². The maximum atomic E-state index is 13.4. The Kier molecular flexibility index (Phi) is 6.29. The van der Waals surface area contributed by atoms with Gasteiger partial charge in [0.25, 0.3) is 0 Å². The van der Waals surface area contributed by atoms with Gasteiger partial charge in [-0.15, -0.1) is 0 Å². The van der Waals surface area contributed by atoms with Crippen LogP contribution in [-0.2, 0) is 17.3 Å². The predicted molar refractivity (Wildman–Crippen MR) is 112 cm³/mol. The Morgan fingerprint density at radius 1 is 1.29 bits per heavy atom. The lowest BCUT2D eigenvalue weighted by Gasteiger charge is -2.38. The highest BCUT2D eigenvalue weighted by Crippen LogP contribution is 2.45. The molecule has 0 aromatic carbocycles. The summed E-state index contributed by atoms with van der Waals surface area (Å²) < 4.78 is 44.7. The zero-order valence-electron chi connectivity index (χ0n) is 18.9. The van der Waals surface area contributed by atoms with Gasteiger partial charge in [-0.05, 0) is 55.7 Å². The Bertz CT molecular complexity index is 980. The van der Waals surface area contributed by atoms with Crippen molar-refractivity contribution in [2.45, 2.75) is 72.6 Å². The van der Waals surface area contributed by atoms with Crippen molar-refractivity contribution in [3.8, 4) is 0 Å². The van der Waals surface area contributed by atoms with Crippen LogP contribution in [0, 0.1) is 12.3 Å². The standard InChI is InChI=1S/C24H29F3N2O2/c1-7-31-17-11-23(5,6)10-16-19(17)14(4)20(21(29-16)13(2)3)22(30)15-8-9-18(28-12-15)24(25,26)27/h8-9,12-13,17H,7,10-11H2,1-6H3/t17-/m0/s1. The van der Waals surface area contributed by atoms with E-state index in [4.69, 9.17) is 9.72 Å². The van der Waals surface area contributed by atoms with Crippen molar-refractivity contribution in [1.82, 2.24) is 9.97 Å². The largest absolute Gasteiger partial charge is 0.433 e. The number of hydrogen-bond donors (Lipinski definition) is 0. The summed E-state index contributed by atoms with van der Waals surface area (Å²) in [4.78, 5) is 21.8. The van der Waals surface area contributed by atoms with E-state index >= 15 is 0 Å². The molecule has 0 bridgehead atoms. The Labute approximate surface area is 181 Å². The minimum absolute atomic E-state index is 0.0173. The van der Waals surface area contributed by atoms with Gasteiger partial charge < -0.3 is 4.74 Å². The van der Waals surface area contributed by atoms with Crippen LogP contribution in [0.2, 0.25) is 0 Å². The smallest absolute Gasteiger partial charge is 0.374 e. The van der Waals surface area contributed by atoms with Gasteiger partial charge in [-0.25, -0.2) is 0 Å². The van der Waals surface area contributed by atoms with Gasteiger partial charge in [0.05, 0.1) is 11.8 Å². The molecule has 1 aliphatic rings. The first-order chi connectivity index (χ1) is 14.4. The number of pyridine rings is 2. The Morgan fingerprint density at radius 3 is 2.48 bits per heavy atom. The van der Waals surface area contributed by atoms with Crippen LogP contribution in [0.1, 0.15) is 97.2 Å². The van der Waals surface area contributed by atoms with E-state index < -0.39 is 11.9 Å². The first kappa shape index (κ1) is 23.4. The molecule has 7 heteroatoms. The number of fused-ring (bicyclic) bond motifs is 1. The van der Waals surface area contributed by atoms with Gasteiger partial charge in [-0.3, -0.25) is 14.8 Å². The minimum Gasteiger partial charge on any atom is -0.374 e. The van der Waals surface area contributed by atoms with Crippen LogP contribution < -0.4 is 0 Å². The number of ether oxygens (including phenoxy) is 1. The monoisotopic (exact) mass is 434 g/mol. The summed E-state index contributed by atoms with van der Waals surface area (Å²) >= 11 is 0. The summed E-state index contributed by atoms with van der Waals surface area (Å²) in [5.41, 5.74) is 2.90. The van der Waals surface area contributed by atoms with Gasteiger partial charge in [0.2, 0.25) is 0 Å². The van der Waals surface area contributed by atoms with Crippen molar-refractivity contribution in [1.29, 1.82) is 0 Å². The fourth-order valence-electron chi connectivity index (χ4n) is 4.38. The summed E-state index contributed by atoms with van der Waals surface area (Å²) in [6, 6.07) is 2.03. The predicted octanol–water partition coefficient (Wildman–Crippen LogP) is 6.21. The second kappa shape index (κ2) is 8.34. The van der Waals surface area contributed by atoms with Crippen LogP contribution >= 0.6 is 0 Å². The second-order valence-corrected chi connectivity index (χ2v) is 9.26. The van der Waals surface area contributed by atoms with Gasteiger partial charge in [0.1, 0.15) is 5.69 Å². The fourth-order valence-corrected chi connectivity index (χ4v) is 4.38. The number of nitrogens with zero attached hydrogens (tertiary/aromatic N) is 2. The van der Waals surface area contributed by atoms with E-state index in [2.05, 4.69) is 18.8 Å². The molecular formula is C24H29F3N2O2. The molecule has 2 heterocycles.